The second-order valence-corrected chi connectivity index (χ2v) is 2.86. The van der Waals surface area contributed by atoms with Gasteiger partial charge in [-0.05, 0) is 11.4 Å². The van der Waals surface area contributed by atoms with E-state index < -0.39 is 18.0 Å². The van der Waals surface area contributed by atoms with Crippen molar-refractivity contribution in [3.8, 4) is 5.75 Å². The lowest BCUT2D eigenvalue weighted by molar-refractivity contribution is -0.360. The van der Waals surface area contributed by atoms with E-state index in [0.717, 1.165) is 22.8 Å². The number of halogens is 5. The Hall–Kier alpha value is -0.850. The van der Waals surface area contributed by atoms with Gasteiger partial charge in [-0.15, -0.1) is 11.3 Å². The molecule has 0 saturated carbocycles. The maximum absolute atomic E-state index is 12.2. The summed E-state index contributed by atoms with van der Waals surface area (Å²) in [5, 5.41) is 2.39. The fourth-order valence-corrected chi connectivity index (χ4v) is 1.07. The zero-order chi connectivity index (χ0) is 10.1. The van der Waals surface area contributed by atoms with Crippen molar-refractivity contribution in [2.24, 2.45) is 0 Å². The Balaban J connectivity index is 2.73. The molecule has 0 atom stereocenters. The van der Waals surface area contributed by atoms with E-state index in [2.05, 4.69) is 4.74 Å². The Kier molecular flexibility index (Phi) is 2.47. The molecule has 1 aromatic rings. The normalized spacial score (nSPS) is 13.0. The molecular weight excluding hydrogens is 215 g/mol. The van der Waals surface area contributed by atoms with E-state index in [9.17, 15) is 22.0 Å². The number of alkyl halides is 5. The number of hydrogen-bond acceptors (Lipinski definition) is 2. The molecule has 0 unspecified atom stereocenters. The molecule has 0 bridgehead atoms. The topological polar surface area (TPSA) is 9.23 Å². The van der Waals surface area contributed by atoms with Crippen molar-refractivity contribution in [1.29, 1.82) is 0 Å². The van der Waals surface area contributed by atoms with Gasteiger partial charge >= 0.3 is 12.3 Å². The quantitative estimate of drug-likeness (QED) is 0.692. The SMILES string of the molecule is FC(F)(F)C(F)(F)Oc1ccsc1. The Morgan fingerprint density at radius 2 is 1.77 bits per heavy atom. The van der Waals surface area contributed by atoms with Crippen LogP contribution in [0, 0.1) is 0 Å². The summed E-state index contributed by atoms with van der Waals surface area (Å²) in [5.74, 6) is -0.493. The van der Waals surface area contributed by atoms with Crippen LogP contribution in [0.15, 0.2) is 16.8 Å². The van der Waals surface area contributed by atoms with Crippen LogP contribution in [0.25, 0.3) is 0 Å². The molecule has 0 amide bonds. The van der Waals surface area contributed by atoms with Gasteiger partial charge in [-0.3, -0.25) is 0 Å². The Morgan fingerprint density at radius 3 is 2.15 bits per heavy atom. The van der Waals surface area contributed by atoms with Crippen molar-refractivity contribution in [1.82, 2.24) is 0 Å². The highest BCUT2D eigenvalue weighted by Crippen LogP contribution is 2.37. The fourth-order valence-electron chi connectivity index (χ4n) is 0.516. The van der Waals surface area contributed by atoms with Gasteiger partial charge < -0.3 is 4.74 Å². The van der Waals surface area contributed by atoms with E-state index in [1.165, 1.54) is 5.38 Å². The first-order chi connectivity index (χ1) is 5.83. The maximum Gasteiger partial charge on any atom is 0.499 e. The van der Waals surface area contributed by atoms with E-state index in [1.54, 1.807) is 0 Å². The Morgan fingerprint density at radius 1 is 1.15 bits per heavy atom. The third-order valence-corrected chi connectivity index (χ3v) is 1.73. The number of thiophene rings is 1. The third-order valence-electron chi connectivity index (χ3n) is 1.07. The van der Waals surface area contributed by atoms with E-state index >= 15 is 0 Å². The predicted molar refractivity (Wildman–Crippen MR) is 35.9 cm³/mol. The minimum atomic E-state index is -5.69. The molecule has 74 valence electrons. The lowest BCUT2D eigenvalue weighted by Gasteiger charge is -2.18. The Labute approximate surface area is 73.7 Å². The van der Waals surface area contributed by atoms with Crippen LogP contribution in [-0.2, 0) is 0 Å². The van der Waals surface area contributed by atoms with E-state index in [-0.39, 0.29) is 0 Å². The Bertz CT molecular complexity index is 265. The molecule has 0 fully saturated rings. The summed E-state index contributed by atoms with van der Waals surface area (Å²) in [6, 6.07) is 1.03. The highest BCUT2D eigenvalue weighted by molar-refractivity contribution is 7.08. The standard InChI is InChI=1S/C6H3F5OS/c7-5(8,9)6(10,11)12-4-1-2-13-3-4/h1-3H. The van der Waals surface area contributed by atoms with Crippen LogP contribution in [0.4, 0.5) is 22.0 Å². The van der Waals surface area contributed by atoms with Gasteiger partial charge in [0.25, 0.3) is 0 Å². The number of rotatable bonds is 2. The van der Waals surface area contributed by atoms with Gasteiger partial charge in [-0.1, -0.05) is 0 Å². The van der Waals surface area contributed by atoms with Crippen molar-refractivity contribution in [3.05, 3.63) is 16.8 Å². The van der Waals surface area contributed by atoms with Crippen LogP contribution in [-0.4, -0.2) is 12.3 Å². The van der Waals surface area contributed by atoms with E-state index in [4.69, 9.17) is 0 Å². The van der Waals surface area contributed by atoms with Gasteiger partial charge in [0.05, 0.1) is 0 Å². The first-order valence-electron chi connectivity index (χ1n) is 2.99. The molecule has 0 aromatic carbocycles. The molecule has 1 nitrogen and oxygen atoms in total. The molecule has 1 rings (SSSR count). The average Bonchev–Trinajstić information content (AvgIpc) is 2.35. The molecule has 13 heavy (non-hydrogen) atoms. The molecule has 0 aliphatic carbocycles. The second kappa shape index (κ2) is 3.13. The van der Waals surface area contributed by atoms with E-state index in [1.807, 2.05) is 0 Å². The number of ether oxygens (including phenoxy) is 1. The van der Waals surface area contributed by atoms with Crippen molar-refractivity contribution < 1.29 is 26.7 Å². The minimum absolute atomic E-state index is 0.493. The maximum atomic E-state index is 12.2. The van der Waals surface area contributed by atoms with Gasteiger partial charge in [0.15, 0.2) is 0 Å². The lowest BCUT2D eigenvalue weighted by Crippen LogP contribution is -2.41. The molecular formula is C6H3F5OS. The smallest absolute Gasteiger partial charge is 0.425 e. The summed E-state index contributed by atoms with van der Waals surface area (Å²) in [6.07, 6.45) is -10.8. The summed E-state index contributed by atoms with van der Waals surface area (Å²) in [7, 11) is 0. The van der Waals surface area contributed by atoms with Gasteiger partial charge in [0.2, 0.25) is 0 Å². The molecule has 1 heterocycles. The lowest BCUT2D eigenvalue weighted by atomic mass is 10.5. The number of hydrogen-bond donors (Lipinski definition) is 0. The summed E-state index contributed by atoms with van der Waals surface area (Å²) in [4.78, 5) is 0. The largest absolute Gasteiger partial charge is 0.499 e. The van der Waals surface area contributed by atoms with Crippen LogP contribution in [0.5, 0.6) is 5.75 Å². The van der Waals surface area contributed by atoms with Crippen molar-refractivity contribution in [3.63, 3.8) is 0 Å². The monoisotopic (exact) mass is 218 g/mol. The first kappa shape index (κ1) is 10.2. The van der Waals surface area contributed by atoms with Crippen LogP contribution < -0.4 is 4.74 Å². The van der Waals surface area contributed by atoms with Crippen molar-refractivity contribution in [2.75, 3.05) is 0 Å². The highest BCUT2D eigenvalue weighted by atomic mass is 32.1. The zero-order valence-corrected chi connectivity index (χ0v) is 6.75. The van der Waals surface area contributed by atoms with Gasteiger partial charge in [-0.25, -0.2) is 0 Å². The van der Waals surface area contributed by atoms with Crippen LogP contribution in [0.2, 0.25) is 0 Å². The molecule has 1 aromatic heterocycles. The summed E-state index contributed by atoms with van der Waals surface area (Å²) < 4.78 is 62.4. The van der Waals surface area contributed by atoms with Gasteiger partial charge in [0, 0.05) is 5.38 Å². The molecule has 7 heteroatoms. The third kappa shape index (κ3) is 2.30. The second-order valence-electron chi connectivity index (χ2n) is 2.08. The van der Waals surface area contributed by atoms with E-state index in [0.29, 0.717) is 0 Å². The first-order valence-corrected chi connectivity index (χ1v) is 3.93. The van der Waals surface area contributed by atoms with Crippen LogP contribution in [0.3, 0.4) is 0 Å². The molecule has 0 spiro atoms. The fraction of sp³-hybridized carbons (Fsp3) is 0.333. The minimum Gasteiger partial charge on any atom is -0.425 e. The van der Waals surface area contributed by atoms with Crippen LogP contribution in [0.1, 0.15) is 0 Å². The average molecular weight is 218 g/mol. The predicted octanol–water partition coefficient (Wildman–Crippen LogP) is 3.28. The molecule has 0 saturated heterocycles. The molecule has 0 aliphatic heterocycles. The molecule has 0 aliphatic rings. The zero-order valence-electron chi connectivity index (χ0n) is 5.94. The summed E-state index contributed by atoms with van der Waals surface area (Å²) >= 11 is 0.965. The summed E-state index contributed by atoms with van der Waals surface area (Å²) in [5.41, 5.74) is 0. The molecule has 0 radical (unpaired) electrons. The van der Waals surface area contributed by atoms with Crippen molar-refractivity contribution >= 4 is 11.3 Å². The van der Waals surface area contributed by atoms with Crippen LogP contribution >= 0.6 is 11.3 Å². The van der Waals surface area contributed by atoms with Crippen molar-refractivity contribution in [2.45, 2.75) is 12.3 Å². The highest BCUT2D eigenvalue weighted by Gasteiger charge is 2.61. The van der Waals surface area contributed by atoms with Gasteiger partial charge in [-0.2, -0.15) is 22.0 Å². The van der Waals surface area contributed by atoms with Gasteiger partial charge in [0.1, 0.15) is 5.75 Å². The summed E-state index contributed by atoms with van der Waals surface area (Å²) in [6.45, 7) is 0. The molecule has 0 N–H and O–H groups in total.